The molecule has 6 nitrogen and oxygen atoms in total. The molecule has 0 spiro atoms. The fourth-order valence-electron chi connectivity index (χ4n) is 4.60. The van der Waals surface area contributed by atoms with Crippen LogP contribution in [0.3, 0.4) is 0 Å². The summed E-state index contributed by atoms with van der Waals surface area (Å²) in [6.07, 6.45) is 6.31. The third-order valence-corrected chi connectivity index (χ3v) is 7.63. The third-order valence-electron chi connectivity index (χ3n) is 7.63. The number of hydrogen-bond acceptors (Lipinski definition) is 6. The Balaban J connectivity index is 2.37. The lowest BCUT2D eigenvalue weighted by Crippen LogP contribution is -2.49. The van der Waals surface area contributed by atoms with E-state index in [1.165, 1.54) is 5.57 Å². The molecule has 1 aromatic heterocycles. The zero-order chi connectivity index (χ0) is 26.4. The summed E-state index contributed by atoms with van der Waals surface area (Å²) in [7, 11) is 0. The molecule has 1 aliphatic heterocycles. The Labute approximate surface area is 210 Å². The Hall–Kier alpha value is -2.31. The average Bonchev–Trinajstić information content (AvgIpc) is 2.81. The summed E-state index contributed by atoms with van der Waals surface area (Å²) in [5.41, 5.74) is 3.17. The molecule has 0 radical (unpaired) electrons. The molecule has 0 saturated carbocycles. The van der Waals surface area contributed by atoms with Gasteiger partial charge in [0.2, 0.25) is 0 Å². The lowest BCUT2D eigenvalue weighted by Gasteiger charge is -2.37. The Morgan fingerprint density at radius 1 is 1.11 bits per heavy atom. The van der Waals surface area contributed by atoms with Crippen LogP contribution in [0.15, 0.2) is 41.1 Å². The molecule has 0 aliphatic carbocycles. The molecular weight excluding hydrogens is 442 g/mol. The van der Waals surface area contributed by atoms with Gasteiger partial charge in [-0.15, -0.1) is 0 Å². The van der Waals surface area contributed by atoms with E-state index in [1.807, 2.05) is 31.2 Å². The third kappa shape index (κ3) is 7.84. The van der Waals surface area contributed by atoms with Gasteiger partial charge in [-0.2, -0.15) is 0 Å². The second-order valence-electron chi connectivity index (χ2n) is 10.9. The molecule has 194 valence electrons. The van der Waals surface area contributed by atoms with E-state index in [2.05, 4.69) is 18.8 Å². The Morgan fingerprint density at radius 2 is 1.80 bits per heavy atom. The number of cyclic esters (lactones) is 1. The first kappa shape index (κ1) is 28.9. The van der Waals surface area contributed by atoms with Gasteiger partial charge < -0.3 is 14.9 Å². The molecule has 1 aromatic rings. The number of ether oxygens (including phenoxy) is 1. The summed E-state index contributed by atoms with van der Waals surface area (Å²) in [6, 6.07) is 5.69. The normalized spacial score (nSPS) is 27.5. The first-order chi connectivity index (χ1) is 16.3. The highest BCUT2D eigenvalue weighted by Gasteiger charge is 2.45. The van der Waals surface area contributed by atoms with Crippen LogP contribution in [0.2, 0.25) is 0 Å². The van der Waals surface area contributed by atoms with E-state index >= 15 is 0 Å². The number of carbonyl (C=O) groups is 2. The monoisotopic (exact) mass is 485 g/mol. The molecule has 0 aromatic carbocycles. The number of aromatic nitrogens is 1. The van der Waals surface area contributed by atoms with Gasteiger partial charge in [0, 0.05) is 30.4 Å². The number of rotatable bonds is 2. The number of nitrogens with zero attached hydrogens (tertiary/aromatic N) is 1. The van der Waals surface area contributed by atoms with Crippen molar-refractivity contribution >= 4 is 17.8 Å². The van der Waals surface area contributed by atoms with Crippen LogP contribution < -0.4 is 0 Å². The number of esters is 1. The minimum absolute atomic E-state index is 0.0694. The topological polar surface area (TPSA) is 96.7 Å². The van der Waals surface area contributed by atoms with Crippen molar-refractivity contribution < 1.29 is 24.5 Å². The van der Waals surface area contributed by atoms with Gasteiger partial charge in [-0.1, -0.05) is 44.9 Å². The van der Waals surface area contributed by atoms with Gasteiger partial charge in [-0.25, -0.2) is 0 Å². The van der Waals surface area contributed by atoms with Gasteiger partial charge in [-0.3, -0.25) is 14.6 Å². The zero-order valence-corrected chi connectivity index (χ0v) is 22.4. The summed E-state index contributed by atoms with van der Waals surface area (Å²) >= 11 is 0. The van der Waals surface area contributed by atoms with Crippen LogP contribution in [0.25, 0.3) is 6.08 Å². The maximum absolute atomic E-state index is 13.2. The SMILES string of the molecule is CC(=Cc1ccccn1)C1CC(C)=C(C)CCCC(C)C(O)(O)C(C)C(=O)C(C)(C)CCC(=O)O1. The molecule has 0 amide bonds. The highest BCUT2D eigenvalue weighted by Crippen LogP contribution is 2.36. The van der Waals surface area contributed by atoms with E-state index in [1.54, 1.807) is 33.9 Å². The van der Waals surface area contributed by atoms with Gasteiger partial charge in [0.15, 0.2) is 5.79 Å². The predicted octanol–water partition coefficient (Wildman–Crippen LogP) is 5.64. The highest BCUT2D eigenvalue weighted by molar-refractivity contribution is 5.87. The minimum Gasteiger partial charge on any atom is -0.457 e. The van der Waals surface area contributed by atoms with E-state index in [-0.39, 0.29) is 24.6 Å². The number of allylic oxidation sites excluding steroid dienone is 1. The molecule has 35 heavy (non-hydrogen) atoms. The van der Waals surface area contributed by atoms with Crippen LogP contribution in [0.5, 0.6) is 0 Å². The zero-order valence-electron chi connectivity index (χ0n) is 22.4. The van der Waals surface area contributed by atoms with Crippen molar-refractivity contribution in [3.05, 3.63) is 46.8 Å². The summed E-state index contributed by atoms with van der Waals surface area (Å²) < 4.78 is 5.94. The smallest absolute Gasteiger partial charge is 0.306 e. The Kier molecular flexibility index (Phi) is 9.99. The van der Waals surface area contributed by atoms with Crippen molar-refractivity contribution in [2.75, 3.05) is 0 Å². The van der Waals surface area contributed by atoms with Crippen LogP contribution in [-0.2, 0) is 14.3 Å². The molecule has 2 N–H and O–H groups in total. The van der Waals surface area contributed by atoms with Crippen LogP contribution in [-0.4, -0.2) is 38.8 Å². The lowest BCUT2D eigenvalue weighted by molar-refractivity contribution is -0.230. The number of ketones is 1. The van der Waals surface area contributed by atoms with Crippen LogP contribution in [0, 0.1) is 17.3 Å². The molecule has 2 heterocycles. The van der Waals surface area contributed by atoms with Gasteiger partial charge in [0.1, 0.15) is 11.9 Å². The maximum Gasteiger partial charge on any atom is 0.306 e. The van der Waals surface area contributed by atoms with Crippen molar-refractivity contribution in [3.8, 4) is 0 Å². The van der Waals surface area contributed by atoms with Gasteiger partial charge in [0.05, 0.1) is 11.6 Å². The molecular formula is C29H43NO5. The number of carbonyl (C=O) groups excluding carboxylic acids is 2. The minimum atomic E-state index is -2.10. The van der Waals surface area contributed by atoms with E-state index in [4.69, 9.17) is 4.74 Å². The molecule has 2 rings (SSSR count). The molecule has 0 saturated heterocycles. The van der Waals surface area contributed by atoms with Crippen molar-refractivity contribution in [1.29, 1.82) is 0 Å². The van der Waals surface area contributed by atoms with Crippen LogP contribution in [0.1, 0.15) is 92.7 Å². The summed E-state index contributed by atoms with van der Waals surface area (Å²) in [4.78, 5) is 30.5. The molecule has 6 heteroatoms. The highest BCUT2D eigenvalue weighted by atomic mass is 16.5. The predicted molar refractivity (Wildman–Crippen MR) is 138 cm³/mol. The van der Waals surface area contributed by atoms with Gasteiger partial charge in [-0.05, 0) is 70.2 Å². The van der Waals surface area contributed by atoms with Gasteiger partial charge >= 0.3 is 5.97 Å². The van der Waals surface area contributed by atoms with E-state index in [0.717, 1.165) is 29.7 Å². The van der Waals surface area contributed by atoms with Crippen molar-refractivity contribution in [3.63, 3.8) is 0 Å². The number of aliphatic hydroxyl groups is 2. The van der Waals surface area contributed by atoms with E-state index in [9.17, 15) is 19.8 Å². The second-order valence-corrected chi connectivity index (χ2v) is 10.9. The fourth-order valence-corrected chi connectivity index (χ4v) is 4.60. The van der Waals surface area contributed by atoms with Crippen LogP contribution >= 0.6 is 0 Å². The first-order valence-corrected chi connectivity index (χ1v) is 12.7. The number of pyridine rings is 1. The summed E-state index contributed by atoms with van der Waals surface area (Å²) in [5, 5.41) is 21.7. The molecule has 1 aliphatic rings. The van der Waals surface area contributed by atoms with Crippen molar-refractivity contribution in [2.24, 2.45) is 17.3 Å². The largest absolute Gasteiger partial charge is 0.457 e. The molecule has 3 atom stereocenters. The van der Waals surface area contributed by atoms with Crippen LogP contribution in [0.4, 0.5) is 0 Å². The summed E-state index contributed by atoms with van der Waals surface area (Å²) in [5.74, 6) is -4.16. The first-order valence-electron chi connectivity index (χ1n) is 12.7. The van der Waals surface area contributed by atoms with Crippen molar-refractivity contribution in [2.45, 2.75) is 98.9 Å². The molecule has 3 unspecified atom stereocenters. The van der Waals surface area contributed by atoms with Gasteiger partial charge in [0.25, 0.3) is 0 Å². The molecule has 0 fully saturated rings. The number of Topliss-reactive ketones (excluding diaryl/α,β-unsaturated/α-hetero) is 1. The lowest BCUT2D eigenvalue weighted by atomic mass is 9.73. The number of hydrogen-bond donors (Lipinski definition) is 2. The molecule has 0 bridgehead atoms. The fraction of sp³-hybridized carbons (Fsp3) is 0.621. The van der Waals surface area contributed by atoms with E-state index < -0.39 is 29.1 Å². The summed E-state index contributed by atoms with van der Waals surface area (Å²) in [6.45, 7) is 12.9. The van der Waals surface area contributed by atoms with E-state index in [0.29, 0.717) is 12.8 Å². The Morgan fingerprint density at radius 3 is 2.43 bits per heavy atom. The Bertz CT molecular complexity index is 945. The maximum atomic E-state index is 13.2. The standard InChI is InChI=1S/C29H43NO5/c1-19-11-10-12-22(4)29(33,34)23(5)27(32)28(6,7)15-14-26(31)35-25(18-20(19)2)21(3)17-24-13-8-9-16-30-24/h8-9,13,16-17,22-23,25,33-34H,10-12,14-15,18H2,1-7H3. The van der Waals surface area contributed by atoms with Crippen molar-refractivity contribution in [1.82, 2.24) is 4.98 Å². The second kappa shape index (κ2) is 12.1. The average molecular weight is 486 g/mol. The quantitative estimate of drug-likeness (QED) is 0.320.